The quantitative estimate of drug-likeness (QED) is 0.803. The van der Waals surface area contributed by atoms with Gasteiger partial charge in [0, 0.05) is 38.4 Å². The first-order valence-corrected chi connectivity index (χ1v) is 10.1. The van der Waals surface area contributed by atoms with Crippen molar-refractivity contribution in [3.05, 3.63) is 53.1 Å². The summed E-state index contributed by atoms with van der Waals surface area (Å²) in [6.07, 6.45) is 0.899. The fourth-order valence-corrected chi connectivity index (χ4v) is 3.73. The maximum absolute atomic E-state index is 12.8. The van der Waals surface area contributed by atoms with Crippen LogP contribution >= 0.6 is 0 Å². The summed E-state index contributed by atoms with van der Waals surface area (Å²) < 4.78 is 10.7. The SMILES string of the molecule is CCc1cccc(C)c1NC(=O)N1CCN(Cc2ccc(OC)c(OC)c2)CC1. The number of hydrogen-bond acceptors (Lipinski definition) is 4. The van der Waals surface area contributed by atoms with Crippen LogP contribution in [-0.4, -0.2) is 56.2 Å². The van der Waals surface area contributed by atoms with Gasteiger partial charge in [-0.1, -0.05) is 31.2 Å². The van der Waals surface area contributed by atoms with Crippen LogP contribution in [0.4, 0.5) is 10.5 Å². The molecule has 6 nitrogen and oxygen atoms in total. The summed E-state index contributed by atoms with van der Waals surface area (Å²) >= 11 is 0. The lowest BCUT2D eigenvalue weighted by molar-refractivity contribution is 0.143. The molecule has 0 aliphatic carbocycles. The van der Waals surface area contributed by atoms with Gasteiger partial charge in [0.05, 0.1) is 14.2 Å². The molecule has 3 rings (SSSR count). The number of carbonyl (C=O) groups excluding carboxylic acids is 1. The fraction of sp³-hybridized carbons (Fsp3) is 0.435. The molecule has 0 spiro atoms. The van der Waals surface area contributed by atoms with E-state index in [0.717, 1.165) is 48.8 Å². The summed E-state index contributed by atoms with van der Waals surface area (Å²) in [5.41, 5.74) is 4.40. The zero-order chi connectivity index (χ0) is 20.8. The summed E-state index contributed by atoms with van der Waals surface area (Å²) in [6.45, 7) is 8.09. The van der Waals surface area contributed by atoms with Gasteiger partial charge in [-0.2, -0.15) is 0 Å². The number of carbonyl (C=O) groups is 1. The molecule has 0 saturated carbocycles. The first-order chi connectivity index (χ1) is 14.0. The molecule has 6 heteroatoms. The first kappa shape index (κ1) is 21.0. The lowest BCUT2D eigenvalue weighted by Gasteiger charge is -2.35. The Hall–Kier alpha value is -2.73. The third-order valence-electron chi connectivity index (χ3n) is 5.49. The topological polar surface area (TPSA) is 54.0 Å². The van der Waals surface area contributed by atoms with Crippen molar-refractivity contribution in [2.24, 2.45) is 0 Å². The molecular formula is C23H31N3O3. The van der Waals surface area contributed by atoms with Gasteiger partial charge in [0.25, 0.3) is 0 Å². The molecule has 1 heterocycles. The van der Waals surface area contributed by atoms with Crippen LogP contribution in [0.15, 0.2) is 36.4 Å². The highest BCUT2D eigenvalue weighted by molar-refractivity contribution is 5.91. The molecule has 1 aliphatic heterocycles. The molecule has 1 N–H and O–H groups in total. The van der Waals surface area contributed by atoms with Crippen molar-refractivity contribution in [3.63, 3.8) is 0 Å². The van der Waals surface area contributed by atoms with Gasteiger partial charge >= 0.3 is 6.03 Å². The van der Waals surface area contributed by atoms with Crippen molar-refractivity contribution >= 4 is 11.7 Å². The van der Waals surface area contributed by atoms with Crippen LogP contribution in [0.1, 0.15) is 23.6 Å². The van der Waals surface area contributed by atoms with Gasteiger partial charge < -0.3 is 19.7 Å². The highest BCUT2D eigenvalue weighted by Gasteiger charge is 2.22. The molecule has 1 saturated heterocycles. The summed E-state index contributed by atoms with van der Waals surface area (Å²) in [5.74, 6) is 1.48. The Bertz CT molecular complexity index is 845. The van der Waals surface area contributed by atoms with Crippen LogP contribution in [0.25, 0.3) is 0 Å². The minimum absolute atomic E-state index is 0.0141. The van der Waals surface area contributed by atoms with E-state index < -0.39 is 0 Å². The molecule has 156 valence electrons. The molecule has 0 radical (unpaired) electrons. The number of methoxy groups -OCH3 is 2. The molecule has 1 aliphatic rings. The third-order valence-corrected chi connectivity index (χ3v) is 5.49. The average molecular weight is 398 g/mol. The predicted molar refractivity (Wildman–Crippen MR) is 116 cm³/mol. The van der Waals surface area contributed by atoms with Gasteiger partial charge in [0.2, 0.25) is 0 Å². The fourth-order valence-electron chi connectivity index (χ4n) is 3.73. The maximum Gasteiger partial charge on any atom is 0.321 e. The Kier molecular flexibility index (Phi) is 6.99. The van der Waals surface area contributed by atoms with Gasteiger partial charge in [-0.3, -0.25) is 4.90 Å². The van der Waals surface area contributed by atoms with Crippen LogP contribution in [0, 0.1) is 6.92 Å². The predicted octanol–water partition coefficient (Wildman–Crippen LogP) is 3.92. The number of anilines is 1. The van der Waals surface area contributed by atoms with E-state index in [-0.39, 0.29) is 6.03 Å². The van der Waals surface area contributed by atoms with Crippen molar-refractivity contribution in [1.82, 2.24) is 9.80 Å². The van der Waals surface area contributed by atoms with Crippen LogP contribution in [0.3, 0.4) is 0 Å². The number of rotatable bonds is 6. The monoisotopic (exact) mass is 397 g/mol. The lowest BCUT2D eigenvalue weighted by Crippen LogP contribution is -2.49. The van der Waals surface area contributed by atoms with E-state index in [9.17, 15) is 4.79 Å². The Labute approximate surface area is 173 Å². The molecule has 0 atom stereocenters. The lowest BCUT2D eigenvalue weighted by atomic mass is 10.1. The molecule has 2 amide bonds. The highest BCUT2D eigenvalue weighted by atomic mass is 16.5. The number of benzene rings is 2. The van der Waals surface area contributed by atoms with Crippen molar-refractivity contribution in [3.8, 4) is 11.5 Å². The van der Waals surface area contributed by atoms with Crippen LogP contribution in [0.2, 0.25) is 0 Å². The second-order valence-corrected chi connectivity index (χ2v) is 7.35. The van der Waals surface area contributed by atoms with Gasteiger partial charge in [-0.25, -0.2) is 4.79 Å². The van der Waals surface area contributed by atoms with Crippen molar-refractivity contribution in [1.29, 1.82) is 0 Å². The number of urea groups is 1. The number of para-hydroxylation sites is 1. The van der Waals surface area contributed by atoms with Gasteiger partial charge in [0.15, 0.2) is 11.5 Å². The number of aryl methyl sites for hydroxylation is 2. The second-order valence-electron chi connectivity index (χ2n) is 7.35. The number of ether oxygens (including phenoxy) is 2. The van der Waals surface area contributed by atoms with E-state index in [1.807, 2.05) is 36.1 Å². The van der Waals surface area contributed by atoms with Gasteiger partial charge in [-0.15, -0.1) is 0 Å². The van der Waals surface area contributed by atoms with Gasteiger partial charge in [-0.05, 0) is 42.2 Å². The second kappa shape index (κ2) is 9.65. The molecule has 2 aromatic rings. The molecule has 0 bridgehead atoms. The molecule has 0 aromatic heterocycles. The summed E-state index contributed by atoms with van der Waals surface area (Å²) in [7, 11) is 3.29. The number of nitrogens with zero attached hydrogens (tertiary/aromatic N) is 2. The average Bonchev–Trinajstić information content (AvgIpc) is 2.75. The number of nitrogens with one attached hydrogen (secondary N) is 1. The largest absolute Gasteiger partial charge is 0.493 e. The van der Waals surface area contributed by atoms with Crippen molar-refractivity contribution in [2.45, 2.75) is 26.8 Å². The standard InChI is InChI=1S/C23H31N3O3/c1-5-19-8-6-7-17(2)22(19)24-23(27)26-13-11-25(12-14-26)16-18-9-10-20(28-3)21(15-18)29-4/h6-10,15H,5,11-14,16H2,1-4H3,(H,24,27). The van der Waals surface area contributed by atoms with E-state index in [2.05, 4.69) is 29.3 Å². The van der Waals surface area contributed by atoms with E-state index in [4.69, 9.17) is 9.47 Å². The molecule has 2 aromatic carbocycles. The smallest absolute Gasteiger partial charge is 0.321 e. The Balaban J connectivity index is 1.56. The molecule has 0 unspecified atom stereocenters. The zero-order valence-corrected chi connectivity index (χ0v) is 17.8. The Morgan fingerprint density at radius 1 is 1.03 bits per heavy atom. The zero-order valence-electron chi connectivity index (χ0n) is 17.8. The van der Waals surface area contributed by atoms with E-state index in [0.29, 0.717) is 13.1 Å². The summed E-state index contributed by atoms with van der Waals surface area (Å²) in [6, 6.07) is 12.1. The van der Waals surface area contributed by atoms with Gasteiger partial charge in [0.1, 0.15) is 0 Å². The third kappa shape index (κ3) is 5.01. The molecule has 1 fully saturated rings. The van der Waals surface area contributed by atoms with Crippen molar-refractivity contribution in [2.75, 3.05) is 45.7 Å². The van der Waals surface area contributed by atoms with Crippen LogP contribution in [-0.2, 0) is 13.0 Å². The first-order valence-electron chi connectivity index (χ1n) is 10.1. The van der Waals surface area contributed by atoms with E-state index >= 15 is 0 Å². The van der Waals surface area contributed by atoms with Crippen LogP contribution < -0.4 is 14.8 Å². The minimum Gasteiger partial charge on any atom is -0.493 e. The highest BCUT2D eigenvalue weighted by Crippen LogP contribution is 2.28. The van der Waals surface area contributed by atoms with E-state index in [1.54, 1.807) is 14.2 Å². The Morgan fingerprint density at radius 3 is 2.41 bits per heavy atom. The molecule has 29 heavy (non-hydrogen) atoms. The minimum atomic E-state index is -0.0141. The number of amides is 2. The maximum atomic E-state index is 12.8. The van der Waals surface area contributed by atoms with Crippen LogP contribution in [0.5, 0.6) is 11.5 Å². The van der Waals surface area contributed by atoms with E-state index in [1.165, 1.54) is 11.1 Å². The summed E-state index contributed by atoms with van der Waals surface area (Å²) in [4.78, 5) is 17.0. The number of piperazine rings is 1. The molecular weight excluding hydrogens is 366 g/mol. The Morgan fingerprint density at radius 2 is 1.76 bits per heavy atom. The summed E-state index contributed by atoms with van der Waals surface area (Å²) in [5, 5.41) is 3.13. The van der Waals surface area contributed by atoms with Crippen molar-refractivity contribution < 1.29 is 14.3 Å². The normalized spacial score (nSPS) is 14.6. The number of hydrogen-bond donors (Lipinski definition) is 1.